The van der Waals surface area contributed by atoms with Crippen molar-refractivity contribution >= 4 is 17.5 Å². The molecule has 4 aromatic rings. The summed E-state index contributed by atoms with van der Waals surface area (Å²) < 4.78 is 15.0. The second-order valence-electron chi connectivity index (χ2n) is 6.97. The van der Waals surface area contributed by atoms with E-state index in [9.17, 15) is 9.18 Å². The molecule has 0 radical (unpaired) electrons. The SMILES string of the molecule is O=C(c1cn2ccnc(-c3ccc(F)cc3)c2n1)N1CCN(c2ncccn2)CC1. The molecular weight excluding hydrogens is 385 g/mol. The zero-order valence-electron chi connectivity index (χ0n) is 16.0. The van der Waals surface area contributed by atoms with Crippen LogP contribution in [-0.4, -0.2) is 61.3 Å². The molecule has 0 aliphatic carbocycles. The predicted molar refractivity (Wildman–Crippen MR) is 109 cm³/mol. The van der Waals surface area contributed by atoms with Gasteiger partial charge in [-0.05, 0) is 30.3 Å². The quantitative estimate of drug-likeness (QED) is 0.522. The van der Waals surface area contributed by atoms with E-state index < -0.39 is 0 Å². The number of benzene rings is 1. The first-order chi connectivity index (χ1) is 14.7. The molecule has 30 heavy (non-hydrogen) atoms. The lowest BCUT2D eigenvalue weighted by molar-refractivity contribution is 0.0741. The number of halogens is 1. The lowest BCUT2D eigenvalue weighted by Crippen LogP contribution is -2.49. The van der Waals surface area contributed by atoms with Gasteiger partial charge in [0.25, 0.3) is 5.91 Å². The van der Waals surface area contributed by atoms with Crippen molar-refractivity contribution in [3.63, 3.8) is 0 Å². The highest BCUT2D eigenvalue weighted by atomic mass is 19.1. The van der Waals surface area contributed by atoms with E-state index in [-0.39, 0.29) is 11.7 Å². The number of rotatable bonds is 3. The third-order valence-corrected chi connectivity index (χ3v) is 5.11. The molecule has 1 amide bonds. The van der Waals surface area contributed by atoms with Crippen LogP contribution in [0.1, 0.15) is 10.5 Å². The maximum Gasteiger partial charge on any atom is 0.274 e. The van der Waals surface area contributed by atoms with Gasteiger partial charge in [-0.25, -0.2) is 19.3 Å². The van der Waals surface area contributed by atoms with E-state index in [4.69, 9.17) is 0 Å². The van der Waals surface area contributed by atoms with Crippen LogP contribution in [0.3, 0.4) is 0 Å². The smallest absolute Gasteiger partial charge is 0.274 e. The highest BCUT2D eigenvalue weighted by Gasteiger charge is 2.25. The second-order valence-corrected chi connectivity index (χ2v) is 6.97. The highest BCUT2D eigenvalue weighted by Crippen LogP contribution is 2.22. The molecule has 8 nitrogen and oxygen atoms in total. The molecule has 3 aromatic heterocycles. The topological polar surface area (TPSA) is 79.5 Å². The molecule has 0 unspecified atom stereocenters. The number of piperazine rings is 1. The Hall–Kier alpha value is -3.88. The molecule has 0 atom stereocenters. The lowest BCUT2D eigenvalue weighted by atomic mass is 10.1. The number of fused-ring (bicyclic) bond motifs is 1. The number of aromatic nitrogens is 5. The summed E-state index contributed by atoms with van der Waals surface area (Å²) in [5.41, 5.74) is 2.25. The largest absolute Gasteiger partial charge is 0.337 e. The molecule has 5 rings (SSSR count). The van der Waals surface area contributed by atoms with Crippen LogP contribution in [0.15, 0.2) is 61.3 Å². The van der Waals surface area contributed by atoms with Crippen molar-refractivity contribution in [3.8, 4) is 11.3 Å². The first kappa shape index (κ1) is 18.2. The summed E-state index contributed by atoms with van der Waals surface area (Å²) in [7, 11) is 0. The number of carbonyl (C=O) groups excluding carboxylic acids is 1. The van der Waals surface area contributed by atoms with Crippen LogP contribution >= 0.6 is 0 Å². The van der Waals surface area contributed by atoms with Gasteiger partial charge in [0.15, 0.2) is 5.65 Å². The van der Waals surface area contributed by atoms with Gasteiger partial charge in [0, 0.05) is 62.7 Å². The van der Waals surface area contributed by atoms with Gasteiger partial charge in [-0.3, -0.25) is 9.78 Å². The Bertz CT molecular complexity index is 1190. The summed E-state index contributed by atoms with van der Waals surface area (Å²) in [5, 5.41) is 0. The van der Waals surface area contributed by atoms with Crippen molar-refractivity contribution in [1.82, 2.24) is 29.2 Å². The van der Waals surface area contributed by atoms with Gasteiger partial charge >= 0.3 is 0 Å². The molecule has 1 aromatic carbocycles. The fourth-order valence-corrected chi connectivity index (χ4v) is 3.56. The van der Waals surface area contributed by atoms with E-state index in [0.717, 1.165) is 5.56 Å². The zero-order valence-corrected chi connectivity index (χ0v) is 16.0. The van der Waals surface area contributed by atoms with E-state index in [1.165, 1.54) is 12.1 Å². The first-order valence-corrected chi connectivity index (χ1v) is 9.60. The monoisotopic (exact) mass is 403 g/mol. The van der Waals surface area contributed by atoms with Gasteiger partial charge in [0.1, 0.15) is 17.2 Å². The van der Waals surface area contributed by atoms with Gasteiger partial charge < -0.3 is 14.2 Å². The van der Waals surface area contributed by atoms with Crippen molar-refractivity contribution in [2.45, 2.75) is 0 Å². The van der Waals surface area contributed by atoms with E-state index in [1.807, 2.05) is 0 Å². The Morgan fingerprint density at radius 3 is 2.40 bits per heavy atom. The van der Waals surface area contributed by atoms with Gasteiger partial charge in [-0.1, -0.05) is 0 Å². The Morgan fingerprint density at radius 1 is 0.933 bits per heavy atom. The minimum absolute atomic E-state index is 0.127. The van der Waals surface area contributed by atoms with E-state index in [2.05, 4.69) is 24.8 Å². The lowest BCUT2D eigenvalue weighted by Gasteiger charge is -2.34. The Kier molecular flexibility index (Phi) is 4.55. The van der Waals surface area contributed by atoms with Crippen LogP contribution in [0.5, 0.6) is 0 Å². The second kappa shape index (κ2) is 7.51. The van der Waals surface area contributed by atoms with Crippen LogP contribution in [-0.2, 0) is 0 Å². The molecular formula is C21H18FN7O. The van der Waals surface area contributed by atoms with E-state index in [0.29, 0.717) is 49.2 Å². The van der Waals surface area contributed by atoms with Crippen LogP contribution < -0.4 is 4.90 Å². The summed E-state index contributed by atoms with van der Waals surface area (Å²) >= 11 is 0. The summed E-state index contributed by atoms with van der Waals surface area (Å²) in [6, 6.07) is 7.84. The van der Waals surface area contributed by atoms with E-state index in [1.54, 1.807) is 58.5 Å². The molecule has 1 aliphatic heterocycles. The number of hydrogen-bond acceptors (Lipinski definition) is 6. The molecule has 4 heterocycles. The van der Waals surface area contributed by atoms with Crippen molar-refractivity contribution in [1.29, 1.82) is 0 Å². The van der Waals surface area contributed by atoms with Crippen molar-refractivity contribution in [3.05, 3.63) is 72.8 Å². The fourth-order valence-electron chi connectivity index (χ4n) is 3.56. The highest BCUT2D eigenvalue weighted by molar-refractivity contribution is 5.93. The minimum atomic E-state index is -0.315. The molecule has 0 N–H and O–H groups in total. The maximum atomic E-state index is 13.3. The van der Waals surface area contributed by atoms with Gasteiger partial charge in [-0.2, -0.15) is 0 Å². The Morgan fingerprint density at radius 2 is 1.67 bits per heavy atom. The third kappa shape index (κ3) is 3.34. The zero-order chi connectivity index (χ0) is 20.5. The summed E-state index contributed by atoms with van der Waals surface area (Å²) in [4.78, 5) is 34.3. The molecule has 0 spiro atoms. The number of imidazole rings is 1. The standard InChI is InChI=1S/C21H18FN7O/c22-16-4-2-15(3-5-16)18-19-26-17(14-29(19)9-8-23-18)20(30)27-10-12-28(13-11-27)21-24-6-1-7-25-21/h1-9,14H,10-13H2. The Labute approximate surface area is 171 Å². The normalized spacial score (nSPS) is 14.3. The Balaban J connectivity index is 1.37. The van der Waals surface area contributed by atoms with Crippen LogP contribution in [0.4, 0.5) is 10.3 Å². The summed E-state index contributed by atoms with van der Waals surface area (Å²) in [6.07, 6.45) is 8.52. The van der Waals surface area contributed by atoms with Crippen molar-refractivity contribution in [2.75, 3.05) is 31.1 Å². The molecule has 0 bridgehead atoms. The molecule has 150 valence electrons. The fraction of sp³-hybridized carbons (Fsp3) is 0.190. The summed E-state index contributed by atoms with van der Waals surface area (Å²) in [5.74, 6) is 0.231. The van der Waals surface area contributed by atoms with Gasteiger partial charge in [0.05, 0.1) is 0 Å². The number of carbonyl (C=O) groups is 1. The molecule has 1 fully saturated rings. The van der Waals surface area contributed by atoms with Crippen molar-refractivity contribution in [2.24, 2.45) is 0 Å². The summed E-state index contributed by atoms with van der Waals surface area (Å²) in [6.45, 7) is 2.44. The van der Waals surface area contributed by atoms with Gasteiger partial charge in [-0.15, -0.1) is 0 Å². The number of hydrogen-bond donors (Lipinski definition) is 0. The van der Waals surface area contributed by atoms with Crippen molar-refractivity contribution < 1.29 is 9.18 Å². The van der Waals surface area contributed by atoms with Crippen LogP contribution in [0.25, 0.3) is 16.9 Å². The number of amides is 1. The molecule has 1 saturated heterocycles. The molecule has 9 heteroatoms. The van der Waals surface area contributed by atoms with Crippen LogP contribution in [0, 0.1) is 5.82 Å². The minimum Gasteiger partial charge on any atom is -0.337 e. The average molecular weight is 403 g/mol. The third-order valence-electron chi connectivity index (χ3n) is 5.11. The first-order valence-electron chi connectivity index (χ1n) is 9.60. The number of anilines is 1. The predicted octanol–water partition coefficient (Wildman–Crippen LogP) is 2.29. The van der Waals surface area contributed by atoms with Gasteiger partial charge in [0.2, 0.25) is 5.95 Å². The van der Waals surface area contributed by atoms with E-state index >= 15 is 0 Å². The van der Waals surface area contributed by atoms with Crippen LogP contribution in [0.2, 0.25) is 0 Å². The average Bonchev–Trinajstić information content (AvgIpc) is 3.24. The molecule has 1 aliphatic rings. The maximum absolute atomic E-state index is 13.3. The number of nitrogens with zero attached hydrogens (tertiary/aromatic N) is 7. The molecule has 0 saturated carbocycles.